The number of furan rings is 2. The van der Waals surface area contributed by atoms with Crippen LogP contribution in [0.15, 0.2) is 187 Å². The zero-order chi connectivity index (χ0) is 57.1. The second kappa shape index (κ2) is 23.0. The molecule has 1 atom stereocenters. The number of amides is 4. The van der Waals surface area contributed by atoms with E-state index in [1.54, 1.807) is 105 Å². The van der Waals surface area contributed by atoms with Crippen molar-refractivity contribution in [2.24, 2.45) is 21.3 Å². The van der Waals surface area contributed by atoms with Gasteiger partial charge in [0, 0.05) is 40.2 Å². The summed E-state index contributed by atoms with van der Waals surface area (Å²) in [6.07, 6.45) is 1.92. The number of hydrogen-bond acceptors (Lipinski definition) is 13. The fraction of sp³-hybridized carbons (Fsp3) is 0.102. The number of halogens is 2. The summed E-state index contributed by atoms with van der Waals surface area (Å²) >= 11 is 12.7. The number of carbonyl (C=O) groups is 4. The number of tetrazole rings is 1. The lowest BCUT2D eigenvalue weighted by Gasteiger charge is -2.14. The van der Waals surface area contributed by atoms with Crippen LogP contribution < -0.4 is 25.8 Å². The Morgan fingerprint density at radius 1 is 0.667 bits per heavy atom. The van der Waals surface area contributed by atoms with E-state index in [2.05, 4.69) is 41.5 Å². The third-order valence-electron chi connectivity index (χ3n) is 13.0. The molecule has 0 aliphatic carbocycles. The molecule has 0 bridgehead atoms. The maximum Gasteiger partial charge on any atom is 0.280 e. The number of aromatic nitrogens is 4. The molecule has 11 rings (SSSR count). The van der Waals surface area contributed by atoms with Crippen LogP contribution in [-0.4, -0.2) is 64.1 Å². The lowest BCUT2D eigenvalue weighted by molar-refractivity contribution is -0.119. The predicted molar refractivity (Wildman–Crippen MR) is 310 cm³/mol. The van der Waals surface area contributed by atoms with Gasteiger partial charge in [-0.1, -0.05) is 59.6 Å². The van der Waals surface area contributed by atoms with Gasteiger partial charge in [0.1, 0.15) is 23.0 Å². The van der Waals surface area contributed by atoms with Crippen molar-refractivity contribution < 1.29 is 36.4 Å². The lowest BCUT2D eigenvalue weighted by atomic mass is 9.99. The number of sulfonamides is 1. The van der Waals surface area contributed by atoms with Crippen LogP contribution in [0, 0.1) is 19.8 Å². The maximum atomic E-state index is 13.3. The molecule has 0 saturated carbocycles. The van der Waals surface area contributed by atoms with E-state index in [9.17, 15) is 27.6 Å². The first-order chi connectivity index (χ1) is 38.8. The van der Waals surface area contributed by atoms with Crippen molar-refractivity contribution in [3.63, 3.8) is 0 Å². The summed E-state index contributed by atoms with van der Waals surface area (Å²) in [4.78, 5) is 52.3. The number of aryl methyl sites for hydroxylation is 2. The molecule has 5 N–H and O–H groups in total. The number of H-pyrrole nitrogens is 1. The highest BCUT2D eigenvalue weighted by Crippen LogP contribution is 2.34. The molecule has 5 heterocycles. The summed E-state index contributed by atoms with van der Waals surface area (Å²) < 4.78 is 35.1. The first kappa shape index (κ1) is 54.7. The van der Waals surface area contributed by atoms with Crippen molar-refractivity contribution in [1.29, 1.82) is 0 Å². The van der Waals surface area contributed by atoms with E-state index in [1.807, 2.05) is 62.4 Å². The average molecular weight is 1140 g/mol. The molecule has 2 aliphatic heterocycles. The highest BCUT2D eigenvalue weighted by Gasteiger charge is 2.36. The number of rotatable bonds is 13. The van der Waals surface area contributed by atoms with Gasteiger partial charge in [-0.3, -0.25) is 19.2 Å². The van der Waals surface area contributed by atoms with Gasteiger partial charge in [-0.25, -0.2) is 23.7 Å². The number of benzene rings is 6. The third kappa shape index (κ3) is 12.3. The molecule has 19 nitrogen and oxygen atoms in total. The van der Waals surface area contributed by atoms with Gasteiger partial charge >= 0.3 is 0 Å². The van der Waals surface area contributed by atoms with Crippen molar-refractivity contribution in [3.05, 3.63) is 207 Å². The van der Waals surface area contributed by atoms with E-state index in [4.69, 9.17) is 37.2 Å². The predicted octanol–water partition coefficient (Wildman–Crippen LogP) is 11.5. The van der Waals surface area contributed by atoms with Crippen molar-refractivity contribution in [1.82, 2.24) is 20.6 Å². The molecule has 406 valence electrons. The van der Waals surface area contributed by atoms with Crippen molar-refractivity contribution in [3.8, 4) is 34.0 Å². The number of aromatic amines is 1. The summed E-state index contributed by atoms with van der Waals surface area (Å²) in [7, 11) is -3.85. The van der Waals surface area contributed by atoms with Crippen molar-refractivity contribution in [2.45, 2.75) is 39.0 Å². The van der Waals surface area contributed by atoms with Crippen molar-refractivity contribution in [2.75, 3.05) is 20.7 Å². The van der Waals surface area contributed by atoms with Gasteiger partial charge in [0.05, 0.1) is 54.6 Å². The minimum absolute atomic E-state index is 0.0544. The Kier molecular flexibility index (Phi) is 15.5. The number of carbonyl (C=O) groups excluding carboxylic acids is 4. The molecule has 0 fully saturated rings. The van der Waals surface area contributed by atoms with Crippen LogP contribution in [0.3, 0.4) is 0 Å². The zero-order valence-corrected chi connectivity index (χ0v) is 45.8. The number of primary sulfonamides is 1. The van der Waals surface area contributed by atoms with E-state index in [0.29, 0.717) is 101 Å². The summed E-state index contributed by atoms with van der Waals surface area (Å²) in [5, 5.41) is 36.8. The van der Waals surface area contributed by atoms with Gasteiger partial charge < -0.3 is 19.5 Å². The Morgan fingerprint density at radius 2 is 1.27 bits per heavy atom. The van der Waals surface area contributed by atoms with Gasteiger partial charge in [0.25, 0.3) is 23.6 Å². The molecule has 6 aromatic carbocycles. The van der Waals surface area contributed by atoms with Crippen LogP contribution in [-0.2, 0) is 26.0 Å². The molecule has 0 spiro atoms. The number of anilines is 4. The summed E-state index contributed by atoms with van der Waals surface area (Å²) in [6.45, 7) is 7.40. The average Bonchev–Trinajstić information content (AvgIpc) is 4.37. The highest BCUT2D eigenvalue weighted by molar-refractivity contribution is 7.89. The molecule has 0 radical (unpaired) electrons. The fourth-order valence-electron chi connectivity index (χ4n) is 8.85. The number of hydrogen-bond donors (Lipinski definition) is 4. The first-order valence-electron chi connectivity index (χ1n) is 24.9. The van der Waals surface area contributed by atoms with E-state index in [0.717, 1.165) is 16.7 Å². The van der Waals surface area contributed by atoms with Crippen LogP contribution in [0.4, 0.5) is 22.7 Å². The van der Waals surface area contributed by atoms with E-state index in [1.165, 1.54) is 34.3 Å². The van der Waals surface area contributed by atoms with Crippen molar-refractivity contribution >= 4 is 97.1 Å². The van der Waals surface area contributed by atoms with Crippen LogP contribution in [0.1, 0.15) is 57.2 Å². The SMILES string of the molecule is CC1=NN(c2ccc(S(N)(=O)=O)cc2)C(=O)C1Cc1ccc(-c2ccc(Cl)c(C(=O)Nc3cccc(C)c3)c2)o1.CC1=NN(c2cccc(-c3nnn[nH]3)c2)C(=O)/C1=C\c1ccc(-c2ccc(Cl)c(C(=O)Nc3cccc(C)c3)c2)o1. The Morgan fingerprint density at radius 3 is 1.86 bits per heavy atom. The smallest absolute Gasteiger partial charge is 0.280 e. The van der Waals surface area contributed by atoms with Gasteiger partial charge in [-0.2, -0.15) is 15.2 Å². The Hall–Kier alpha value is -9.60. The minimum Gasteiger partial charge on any atom is -0.461 e. The molecule has 81 heavy (non-hydrogen) atoms. The first-order valence-corrected chi connectivity index (χ1v) is 27.2. The number of nitrogens with two attached hydrogens (primary N) is 1. The summed E-state index contributed by atoms with van der Waals surface area (Å²) in [5.74, 6) is 0.754. The molecule has 1 unspecified atom stereocenters. The van der Waals surface area contributed by atoms with E-state index < -0.39 is 15.9 Å². The Bertz CT molecular complexity index is 4150. The largest absolute Gasteiger partial charge is 0.461 e. The number of nitrogens with zero attached hydrogens (tertiary/aromatic N) is 7. The molecule has 3 aromatic heterocycles. The molecule has 0 saturated heterocycles. The fourth-order valence-corrected chi connectivity index (χ4v) is 9.77. The Labute approximate surface area is 473 Å². The van der Waals surface area contributed by atoms with E-state index >= 15 is 0 Å². The van der Waals surface area contributed by atoms with Crippen LogP contribution in [0.5, 0.6) is 0 Å². The minimum atomic E-state index is -3.85. The highest BCUT2D eigenvalue weighted by atomic mass is 35.5. The van der Waals surface area contributed by atoms with Crippen LogP contribution in [0.25, 0.3) is 40.1 Å². The van der Waals surface area contributed by atoms with Crippen LogP contribution >= 0.6 is 23.2 Å². The van der Waals surface area contributed by atoms with Gasteiger partial charge in [-0.05, 0) is 177 Å². The molecular formula is C59H47Cl2N11O8S. The maximum absolute atomic E-state index is 13.3. The molecule has 22 heteroatoms. The van der Waals surface area contributed by atoms with Gasteiger partial charge in [0.2, 0.25) is 10.0 Å². The van der Waals surface area contributed by atoms with Crippen LogP contribution in [0.2, 0.25) is 10.0 Å². The molecule has 9 aromatic rings. The van der Waals surface area contributed by atoms with E-state index in [-0.39, 0.29) is 34.9 Å². The normalized spacial score (nSPS) is 14.7. The molecule has 2 aliphatic rings. The monoisotopic (exact) mass is 1140 g/mol. The summed E-state index contributed by atoms with van der Waals surface area (Å²) in [5.41, 5.74) is 8.59. The second-order valence-corrected chi connectivity index (χ2v) is 21.2. The topological polar surface area (TPSA) is 264 Å². The summed E-state index contributed by atoms with van der Waals surface area (Å²) in [6, 6.07) is 45.0. The number of nitrogens with one attached hydrogen (secondary N) is 3. The Balaban J connectivity index is 0.000000182. The van der Waals surface area contributed by atoms with Gasteiger partial charge in [-0.15, -0.1) is 5.10 Å². The number of hydrazone groups is 2. The molecular weight excluding hydrogens is 1090 g/mol. The lowest BCUT2D eigenvalue weighted by Crippen LogP contribution is -2.28. The zero-order valence-electron chi connectivity index (χ0n) is 43.5. The third-order valence-corrected chi connectivity index (χ3v) is 14.6. The second-order valence-electron chi connectivity index (χ2n) is 18.9. The standard InChI is InChI=1S/C30H22ClN7O3.C29H25ClN4O5S/c1-17-5-3-7-21(13-17)32-29(39)25-15-19(9-11-26(25)31)27-12-10-23(41-27)16-24-18(2)35-38(30(24)40)22-8-4-6-20(14-22)28-33-36-37-34-28;1-17-4-3-5-20(14-17)32-28(35)25-15-19(6-12-26(25)30)27-13-9-22(39-27)16-24-18(2)33-34(29(24)36)21-7-10-23(11-8-21)40(31,37)38/h3-16H,1-2H3,(H,32,39)(H,33,34,36,37);3-15,24H,16H2,1-2H3,(H,32,35)(H2,31,37,38)/b24-16-;. The van der Waals surface area contributed by atoms with Gasteiger partial charge in [0.15, 0.2) is 5.82 Å². The quantitative estimate of drug-likeness (QED) is 0.0789. The molecule has 4 amide bonds.